The molecule has 0 radical (unpaired) electrons. The van der Waals surface area contributed by atoms with Gasteiger partial charge in [-0.25, -0.2) is 0 Å². The van der Waals surface area contributed by atoms with Crippen molar-refractivity contribution < 1.29 is 0 Å². The molecule has 0 aliphatic heterocycles. The lowest BCUT2D eigenvalue weighted by atomic mass is 10.2. The van der Waals surface area contributed by atoms with E-state index in [-0.39, 0.29) is 0 Å². The third-order valence-corrected chi connectivity index (χ3v) is 3.39. The number of hydrogen-bond donors (Lipinski definition) is 1. The van der Waals surface area contributed by atoms with Crippen LogP contribution in [0, 0.1) is 12.8 Å². The zero-order chi connectivity index (χ0) is 13.7. The van der Waals surface area contributed by atoms with E-state index in [2.05, 4.69) is 36.2 Å². The molecule has 0 fully saturated rings. The molecule has 18 heavy (non-hydrogen) atoms. The molecular weight excluding hydrogens is 248 g/mol. The average molecular weight is 273 g/mol. The number of likely N-dealkylation sites (N-methyl/N-ethyl adjacent to an activating group) is 1. The standard InChI is InChI=1S/C13H25ClN4/c1-10(2)8-15-6-7-17(4)9-12-11(3)16-18(5)13(12)14/h10,15H,6-9H2,1-5H3. The number of halogens is 1. The highest BCUT2D eigenvalue weighted by atomic mass is 35.5. The molecule has 0 bridgehead atoms. The lowest BCUT2D eigenvalue weighted by Gasteiger charge is -2.17. The Bertz CT molecular complexity index is 373. The van der Waals surface area contributed by atoms with Crippen LogP contribution in [0.3, 0.4) is 0 Å². The fraction of sp³-hybridized carbons (Fsp3) is 0.769. The molecule has 1 rings (SSSR count). The predicted octanol–water partition coefficient (Wildman–Crippen LogP) is 2.06. The summed E-state index contributed by atoms with van der Waals surface area (Å²) in [6, 6.07) is 0. The van der Waals surface area contributed by atoms with Crippen molar-refractivity contribution in [3.63, 3.8) is 0 Å². The van der Waals surface area contributed by atoms with Gasteiger partial charge < -0.3 is 10.2 Å². The molecule has 4 nitrogen and oxygen atoms in total. The summed E-state index contributed by atoms with van der Waals surface area (Å²) in [7, 11) is 3.99. The largest absolute Gasteiger partial charge is 0.315 e. The van der Waals surface area contributed by atoms with Gasteiger partial charge in [0.25, 0.3) is 0 Å². The van der Waals surface area contributed by atoms with Crippen molar-refractivity contribution >= 4 is 11.6 Å². The maximum atomic E-state index is 6.22. The zero-order valence-electron chi connectivity index (χ0n) is 12.1. The van der Waals surface area contributed by atoms with E-state index in [4.69, 9.17) is 11.6 Å². The molecule has 1 aromatic heterocycles. The predicted molar refractivity (Wildman–Crippen MR) is 77.0 cm³/mol. The Morgan fingerprint density at radius 3 is 2.61 bits per heavy atom. The third kappa shape index (κ3) is 4.59. The quantitative estimate of drug-likeness (QED) is 0.772. The van der Waals surface area contributed by atoms with E-state index < -0.39 is 0 Å². The summed E-state index contributed by atoms with van der Waals surface area (Å²) in [5, 5.41) is 8.51. The van der Waals surface area contributed by atoms with Gasteiger partial charge in [-0.1, -0.05) is 25.4 Å². The first-order valence-corrected chi connectivity index (χ1v) is 6.86. The summed E-state index contributed by atoms with van der Waals surface area (Å²) in [6.45, 7) is 10.4. The first-order valence-electron chi connectivity index (χ1n) is 6.49. The summed E-state index contributed by atoms with van der Waals surface area (Å²) in [4.78, 5) is 2.27. The highest BCUT2D eigenvalue weighted by Gasteiger charge is 2.12. The molecule has 5 heteroatoms. The van der Waals surface area contributed by atoms with E-state index in [9.17, 15) is 0 Å². The summed E-state index contributed by atoms with van der Waals surface area (Å²) in [5.41, 5.74) is 2.15. The minimum Gasteiger partial charge on any atom is -0.315 e. The maximum absolute atomic E-state index is 6.22. The van der Waals surface area contributed by atoms with Crippen molar-refractivity contribution in [1.29, 1.82) is 0 Å². The first-order chi connectivity index (χ1) is 8.41. The first kappa shape index (κ1) is 15.5. The second kappa shape index (κ2) is 7.12. The molecule has 0 amide bonds. The molecular formula is C13H25ClN4. The summed E-state index contributed by atoms with van der Waals surface area (Å²) in [5.74, 6) is 0.699. The summed E-state index contributed by atoms with van der Waals surface area (Å²) < 4.78 is 1.73. The minimum atomic E-state index is 0.699. The highest BCUT2D eigenvalue weighted by molar-refractivity contribution is 6.30. The minimum absolute atomic E-state index is 0.699. The van der Waals surface area contributed by atoms with Crippen LogP contribution in [0.15, 0.2) is 0 Å². The van der Waals surface area contributed by atoms with E-state index in [0.29, 0.717) is 5.92 Å². The third-order valence-electron chi connectivity index (χ3n) is 2.92. The molecule has 104 valence electrons. The molecule has 0 saturated carbocycles. The molecule has 0 spiro atoms. The van der Waals surface area contributed by atoms with Crippen LogP contribution in [-0.4, -0.2) is 41.4 Å². The second-order valence-electron chi connectivity index (χ2n) is 5.31. The molecule has 1 heterocycles. The van der Waals surface area contributed by atoms with Gasteiger partial charge in [0.2, 0.25) is 0 Å². The number of rotatable bonds is 7. The zero-order valence-corrected chi connectivity index (χ0v) is 12.9. The van der Waals surface area contributed by atoms with Crippen LogP contribution in [0.4, 0.5) is 0 Å². The molecule has 0 unspecified atom stereocenters. The molecule has 0 aromatic carbocycles. The van der Waals surface area contributed by atoms with Crippen molar-refractivity contribution in [3.8, 4) is 0 Å². The number of hydrogen-bond acceptors (Lipinski definition) is 3. The van der Waals surface area contributed by atoms with Gasteiger partial charge in [-0.15, -0.1) is 0 Å². The normalized spacial score (nSPS) is 11.8. The number of aryl methyl sites for hydroxylation is 2. The SMILES string of the molecule is Cc1nn(C)c(Cl)c1CN(C)CCNCC(C)C. The van der Waals surface area contributed by atoms with Gasteiger partial charge in [-0.2, -0.15) is 5.10 Å². The topological polar surface area (TPSA) is 33.1 Å². The number of nitrogens with zero attached hydrogens (tertiary/aromatic N) is 3. The van der Waals surface area contributed by atoms with E-state index in [1.807, 2.05) is 14.0 Å². The van der Waals surface area contributed by atoms with Crippen LogP contribution in [-0.2, 0) is 13.6 Å². The van der Waals surface area contributed by atoms with Crippen molar-refractivity contribution in [3.05, 3.63) is 16.4 Å². The van der Waals surface area contributed by atoms with Crippen LogP contribution >= 0.6 is 11.6 Å². The number of aromatic nitrogens is 2. The lowest BCUT2D eigenvalue weighted by Crippen LogP contribution is -2.31. The van der Waals surface area contributed by atoms with Gasteiger partial charge in [0.05, 0.1) is 5.69 Å². The Morgan fingerprint density at radius 2 is 2.11 bits per heavy atom. The molecule has 1 N–H and O–H groups in total. The Kier molecular flexibility index (Phi) is 6.12. The Morgan fingerprint density at radius 1 is 1.44 bits per heavy atom. The van der Waals surface area contributed by atoms with Crippen molar-refractivity contribution in [1.82, 2.24) is 20.0 Å². The van der Waals surface area contributed by atoms with Crippen LogP contribution in [0.1, 0.15) is 25.1 Å². The van der Waals surface area contributed by atoms with Crippen LogP contribution in [0.2, 0.25) is 5.15 Å². The van der Waals surface area contributed by atoms with E-state index >= 15 is 0 Å². The molecule has 0 atom stereocenters. The highest BCUT2D eigenvalue weighted by Crippen LogP contribution is 2.19. The van der Waals surface area contributed by atoms with Gasteiger partial charge in [0.1, 0.15) is 5.15 Å². The smallest absolute Gasteiger partial charge is 0.131 e. The Labute approximate surface area is 115 Å². The lowest BCUT2D eigenvalue weighted by molar-refractivity contribution is 0.321. The van der Waals surface area contributed by atoms with Gasteiger partial charge in [0, 0.05) is 32.2 Å². The van der Waals surface area contributed by atoms with Crippen LogP contribution in [0.25, 0.3) is 0 Å². The van der Waals surface area contributed by atoms with Gasteiger partial charge in [-0.05, 0) is 26.4 Å². The molecule has 0 aliphatic rings. The van der Waals surface area contributed by atoms with Gasteiger partial charge in [-0.3, -0.25) is 4.68 Å². The summed E-state index contributed by atoms with van der Waals surface area (Å²) >= 11 is 6.22. The van der Waals surface area contributed by atoms with Gasteiger partial charge in [0.15, 0.2) is 0 Å². The van der Waals surface area contributed by atoms with E-state index in [0.717, 1.165) is 42.6 Å². The molecule has 0 saturated heterocycles. The van der Waals surface area contributed by atoms with E-state index in [1.54, 1.807) is 4.68 Å². The maximum Gasteiger partial charge on any atom is 0.131 e. The Hall–Kier alpha value is -0.580. The Balaban J connectivity index is 2.38. The average Bonchev–Trinajstić information content (AvgIpc) is 2.51. The number of nitrogens with one attached hydrogen (secondary N) is 1. The van der Waals surface area contributed by atoms with Gasteiger partial charge >= 0.3 is 0 Å². The van der Waals surface area contributed by atoms with Crippen molar-refractivity contribution in [2.45, 2.75) is 27.3 Å². The van der Waals surface area contributed by atoms with E-state index in [1.165, 1.54) is 0 Å². The van der Waals surface area contributed by atoms with Crippen LogP contribution in [0.5, 0.6) is 0 Å². The fourth-order valence-electron chi connectivity index (χ4n) is 1.86. The monoisotopic (exact) mass is 272 g/mol. The van der Waals surface area contributed by atoms with Crippen molar-refractivity contribution in [2.24, 2.45) is 13.0 Å². The second-order valence-corrected chi connectivity index (χ2v) is 5.67. The molecule has 1 aromatic rings. The molecule has 0 aliphatic carbocycles. The fourth-order valence-corrected chi connectivity index (χ4v) is 2.10. The van der Waals surface area contributed by atoms with Crippen LogP contribution < -0.4 is 5.32 Å². The summed E-state index contributed by atoms with van der Waals surface area (Å²) in [6.07, 6.45) is 0. The van der Waals surface area contributed by atoms with Crippen molar-refractivity contribution in [2.75, 3.05) is 26.7 Å².